The van der Waals surface area contributed by atoms with Gasteiger partial charge in [0.25, 0.3) is 0 Å². The Bertz CT molecular complexity index is 267. The van der Waals surface area contributed by atoms with Gasteiger partial charge >= 0.3 is 0 Å². The Labute approximate surface area is 95.8 Å². The second kappa shape index (κ2) is 6.46. The average Bonchev–Trinajstić information content (AvgIpc) is 2.66. The number of amides is 1. The van der Waals surface area contributed by atoms with Crippen LogP contribution in [0.15, 0.2) is 0 Å². The molecule has 0 bridgehead atoms. The van der Waals surface area contributed by atoms with Gasteiger partial charge in [0, 0.05) is 13.1 Å². The van der Waals surface area contributed by atoms with E-state index < -0.39 is 5.60 Å². The third kappa shape index (κ3) is 4.60. The molecule has 16 heavy (non-hydrogen) atoms. The first-order valence-corrected chi connectivity index (χ1v) is 5.73. The summed E-state index contributed by atoms with van der Waals surface area (Å²) in [7, 11) is 0. The Morgan fingerprint density at radius 3 is 2.75 bits per heavy atom. The van der Waals surface area contributed by atoms with Crippen LogP contribution in [-0.2, 0) is 4.79 Å². The number of carbonyl (C=O) groups is 1. The summed E-state index contributed by atoms with van der Waals surface area (Å²) in [5.41, 5.74) is -0.618. The van der Waals surface area contributed by atoms with Crippen molar-refractivity contribution in [1.82, 2.24) is 10.6 Å². The van der Waals surface area contributed by atoms with E-state index in [9.17, 15) is 9.90 Å². The maximum atomic E-state index is 11.2. The molecule has 1 fully saturated rings. The van der Waals surface area contributed by atoms with Crippen LogP contribution in [0.25, 0.3) is 0 Å². The first-order valence-electron chi connectivity index (χ1n) is 5.73. The number of nitriles is 1. The van der Waals surface area contributed by atoms with Gasteiger partial charge in [0.05, 0.1) is 24.6 Å². The molecule has 0 aromatic carbocycles. The van der Waals surface area contributed by atoms with E-state index in [-0.39, 0.29) is 12.5 Å². The largest absolute Gasteiger partial charge is 0.389 e. The summed E-state index contributed by atoms with van der Waals surface area (Å²) < 4.78 is 0. The van der Waals surface area contributed by atoms with Gasteiger partial charge in [-0.3, -0.25) is 4.79 Å². The molecule has 0 saturated heterocycles. The maximum Gasteiger partial charge on any atom is 0.233 e. The Kier molecular flexibility index (Phi) is 5.23. The van der Waals surface area contributed by atoms with E-state index in [0.29, 0.717) is 19.5 Å². The molecule has 0 atom stereocenters. The van der Waals surface area contributed by atoms with E-state index in [1.54, 1.807) is 0 Å². The minimum absolute atomic E-state index is 0.128. The Balaban J connectivity index is 2.06. The summed E-state index contributed by atoms with van der Waals surface area (Å²) in [6, 6.07) is 1.95. The lowest BCUT2D eigenvalue weighted by atomic mass is 10.0. The summed E-state index contributed by atoms with van der Waals surface area (Å²) in [6.45, 7) is 1.06. The van der Waals surface area contributed by atoms with Crippen LogP contribution in [0.3, 0.4) is 0 Å². The van der Waals surface area contributed by atoms with Gasteiger partial charge in [-0.25, -0.2) is 0 Å². The number of carbonyl (C=O) groups excluding carboxylic acids is 1. The van der Waals surface area contributed by atoms with Crippen LogP contribution < -0.4 is 10.6 Å². The van der Waals surface area contributed by atoms with Crippen molar-refractivity contribution in [2.24, 2.45) is 0 Å². The lowest BCUT2D eigenvalue weighted by Crippen LogP contribution is -2.42. The molecule has 1 rings (SSSR count). The zero-order valence-electron chi connectivity index (χ0n) is 9.46. The zero-order valence-corrected chi connectivity index (χ0v) is 9.46. The highest BCUT2D eigenvalue weighted by atomic mass is 16.3. The number of hydrogen-bond acceptors (Lipinski definition) is 4. The molecule has 1 aliphatic carbocycles. The molecule has 0 aliphatic heterocycles. The van der Waals surface area contributed by atoms with Crippen molar-refractivity contribution in [2.75, 3.05) is 19.6 Å². The van der Waals surface area contributed by atoms with E-state index in [1.165, 1.54) is 0 Å². The highest BCUT2D eigenvalue weighted by molar-refractivity contribution is 5.77. The smallest absolute Gasteiger partial charge is 0.233 e. The van der Waals surface area contributed by atoms with Gasteiger partial charge in [-0.15, -0.1) is 0 Å². The summed E-state index contributed by atoms with van der Waals surface area (Å²) in [5.74, 6) is -0.128. The summed E-state index contributed by atoms with van der Waals surface area (Å²) in [5, 5.41) is 23.8. The number of aliphatic hydroxyl groups is 1. The van der Waals surface area contributed by atoms with Gasteiger partial charge < -0.3 is 15.7 Å². The molecule has 90 valence electrons. The molecule has 0 radical (unpaired) electrons. The highest BCUT2D eigenvalue weighted by Gasteiger charge is 2.30. The lowest BCUT2D eigenvalue weighted by molar-refractivity contribution is -0.120. The second-order valence-electron chi connectivity index (χ2n) is 4.29. The van der Waals surface area contributed by atoms with Gasteiger partial charge in [-0.2, -0.15) is 5.26 Å². The topological polar surface area (TPSA) is 85.2 Å². The number of rotatable bonds is 6. The Morgan fingerprint density at radius 2 is 2.12 bits per heavy atom. The van der Waals surface area contributed by atoms with Crippen molar-refractivity contribution in [3.8, 4) is 6.07 Å². The van der Waals surface area contributed by atoms with Crippen LogP contribution in [0, 0.1) is 11.3 Å². The monoisotopic (exact) mass is 225 g/mol. The van der Waals surface area contributed by atoms with E-state index >= 15 is 0 Å². The first kappa shape index (κ1) is 12.9. The summed E-state index contributed by atoms with van der Waals surface area (Å²) in [6.07, 6.45) is 4.08. The molecule has 5 heteroatoms. The third-order valence-electron chi connectivity index (χ3n) is 2.83. The zero-order chi connectivity index (χ0) is 11.9. The number of hydrogen-bond donors (Lipinski definition) is 3. The quantitative estimate of drug-likeness (QED) is 0.552. The van der Waals surface area contributed by atoms with Crippen molar-refractivity contribution in [2.45, 2.75) is 37.7 Å². The van der Waals surface area contributed by atoms with Crippen molar-refractivity contribution < 1.29 is 9.90 Å². The SMILES string of the molecule is N#CCCNC(=O)CNCC1(O)CCCC1. The predicted octanol–water partition coefficient (Wildman–Crippen LogP) is -0.0890. The molecule has 0 unspecified atom stereocenters. The van der Waals surface area contributed by atoms with Crippen molar-refractivity contribution in [3.63, 3.8) is 0 Å². The molecule has 0 spiro atoms. The van der Waals surface area contributed by atoms with Crippen molar-refractivity contribution >= 4 is 5.91 Å². The fourth-order valence-electron chi connectivity index (χ4n) is 1.94. The fraction of sp³-hybridized carbons (Fsp3) is 0.818. The highest BCUT2D eigenvalue weighted by Crippen LogP contribution is 2.28. The van der Waals surface area contributed by atoms with E-state index in [2.05, 4.69) is 10.6 Å². The minimum atomic E-state index is -0.618. The van der Waals surface area contributed by atoms with Crippen LogP contribution in [-0.4, -0.2) is 36.2 Å². The van der Waals surface area contributed by atoms with Crippen LogP contribution in [0.2, 0.25) is 0 Å². The van der Waals surface area contributed by atoms with Crippen LogP contribution in [0.1, 0.15) is 32.1 Å². The molecule has 5 nitrogen and oxygen atoms in total. The first-order chi connectivity index (χ1) is 7.66. The standard InChI is InChI=1S/C11H19N3O2/c12-6-3-7-14-10(15)8-13-9-11(16)4-1-2-5-11/h13,16H,1-5,7-9H2,(H,14,15). The summed E-state index contributed by atoms with van der Waals surface area (Å²) >= 11 is 0. The van der Waals surface area contributed by atoms with E-state index in [4.69, 9.17) is 5.26 Å². The van der Waals surface area contributed by atoms with E-state index in [1.807, 2.05) is 6.07 Å². The second-order valence-corrected chi connectivity index (χ2v) is 4.29. The molecule has 0 heterocycles. The van der Waals surface area contributed by atoms with Crippen molar-refractivity contribution in [1.29, 1.82) is 5.26 Å². The number of nitrogens with zero attached hydrogens (tertiary/aromatic N) is 1. The van der Waals surface area contributed by atoms with Gasteiger partial charge in [0.2, 0.25) is 5.91 Å². The van der Waals surface area contributed by atoms with Crippen LogP contribution >= 0.6 is 0 Å². The van der Waals surface area contributed by atoms with Gasteiger partial charge in [0.1, 0.15) is 0 Å². The lowest BCUT2D eigenvalue weighted by Gasteiger charge is -2.22. The minimum Gasteiger partial charge on any atom is -0.389 e. The molecular formula is C11H19N3O2. The summed E-state index contributed by atoms with van der Waals surface area (Å²) in [4.78, 5) is 11.2. The molecular weight excluding hydrogens is 206 g/mol. The van der Waals surface area contributed by atoms with Crippen LogP contribution in [0.4, 0.5) is 0 Å². The fourth-order valence-corrected chi connectivity index (χ4v) is 1.94. The Hall–Kier alpha value is -1.12. The Morgan fingerprint density at radius 1 is 1.44 bits per heavy atom. The van der Waals surface area contributed by atoms with Gasteiger partial charge in [-0.1, -0.05) is 12.8 Å². The molecule has 3 N–H and O–H groups in total. The molecule has 1 amide bonds. The molecule has 1 aliphatic rings. The van der Waals surface area contributed by atoms with Crippen molar-refractivity contribution in [3.05, 3.63) is 0 Å². The van der Waals surface area contributed by atoms with Crippen LogP contribution in [0.5, 0.6) is 0 Å². The molecule has 1 saturated carbocycles. The number of nitrogens with one attached hydrogen (secondary N) is 2. The molecule has 0 aromatic rings. The third-order valence-corrected chi connectivity index (χ3v) is 2.83. The molecule has 0 aromatic heterocycles. The normalized spacial score (nSPS) is 18.0. The van der Waals surface area contributed by atoms with E-state index in [0.717, 1.165) is 25.7 Å². The predicted molar refractivity (Wildman–Crippen MR) is 59.5 cm³/mol. The van der Waals surface area contributed by atoms with Gasteiger partial charge in [0.15, 0.2) is 0 Å². The van der Waals surface area contributed by atoms with Gasteiger partial charge in [-0.05, 0) is 12.8 Å². The maximum absolute atomic E-state index is 11.2. The average molecular weight is 225 g/mol.